The molecule has 0 saturated heterocycles. The van der Waals surface area contributed by atoms with Crippen molar-refractivity contribution in [2.24, 2.45) is 0 Å². The molecule has 0 saturated carbocycles. The largest absolute Gasteiger partial charge is 0.507 e. The first-order valence-corrected chi connectivity index (χ1v) is 5.48. The third-order valence-corrected chi connectivity index (χ3v) is 2.76. The third-order valence-electron chi connectivity index (χ3n) is 2.76. The molecule has 0 aliphatic heterocycles. The molecule has 0 amide bonds. The summed E-state index contributed by atoms with van der Waals surface area (Å²) < 4.78 is 5.02. The topological polar surface area (TPSA) is 49.7 Å². The Morgan fingerprint density at radius 1 is 1.00 bits per heavy atom. The van der Waals surface area contributed by atoms with E-state index in [1.165, 1.54) is 13.2 Å². The van der Waals surface area contributed by atoms with Crippen molar-refractivity contribution in [2.75, 3.05) is 7.11 Å². The van der Waals surface area contributed by atoms with Crippen LogP contribution in [0.15, 0.2) is 49.0 Å². The second-order valence-corrected chi connectivity index (χ2v) is 3.88. The summed E-state index contributed by atoms with van der Waals surface area (Å²) in [5.74, 6) is 0.779. The molecular weight excluding hydrogens is 228 g/mol. The minimum atomic E-state index is 0.0719. The molecule has 0 radical (unpaired) electrons. The van der Waals surface area contributed by atoms with Crippen molar-refractivity contribution in [3.8, 4) is 17.2 Å². The summed E-state index contributed by atoms with van der Waals surface area (Å²) in [5.41, 5.74) is 1.73. The Morgan fingerprint density at radius 3 is 2.28 bits per heavy atom. The molecule has 3 heteroatoms. The predicted octanol–water partition coefficient (Wildman–Crippen LogP) is 3.17. The molecule has 0 aromatic heterocycles. The zero-order valence-electron chi connectivity index (χ0n) is 10.1. The number of methoxy groups -OCH3 is 1. The van der Waals surface area contributed by atoms with Crippen LogP contribution in [0.2, 0.25) is 0 Å². The van der Waals surface area contributed by atoms with Gasteiger partial charge in [-0.2, -0.15) is 0 Å². The lowest BCUT2D eigenvalue weighted by Crippen LogP contribution is -1.89. The molecule has 2 rings (SSSR count). The molecule has 0 unspecified atom stereocenters. The smallest absolute Gasteiger partial charge is 0.127 e. The van der Waals surface area contributed by atoms with Gasteiger partial charge in [-0.05, 0) is 23.8 Å². The van der Waals surface area contributed by atoms with Gasteiger partial charge in [0.1, 0.15) is 17.2 Å². The lowest BCUT2D eigenvalue weighted by Gasteiger charge is -2.11. The van der Waals surface area contributed by atoms with E-state index in [-0.39, 0.29) is 11.5 Å². The number of para-hydroxylation sites is 1. The Morgan fingerprint density at radius 2 is 1.67 bits per heavy atom. The van der Waals surface area contributed by atoms with E-state index in [9.17, 15) is 10.2 Å². The monoisotopic (exact) mass is 242 g/mol. The van der Waals surface area contributed by atoms with Gasteiger partial charge in [0.05, 0.1) is 7.11 Å². The van der Waals surface area contributed by atoms with Gasteiger partial charge in [0, 0.05) is 17.2 Å². The van der Waals surface area contributed by atoms with Crippen LogP contribution in [-0.4, -0.2) is 17.3 Å². The summed E-state index contributed by atoms with van der Waals surface area (Å²) in [7, 11) is 1.53. The number of ether oxygens (including phenoxy) is 1. The second-order valence-electron chi connectivity index (χ2n) is 3.88. The van der Waals surface area contributed by atoms with Gasteiger partial charge in [0.15, 0.2) is 0 Å². The number of benzene rings is 2. The maximum atomic E-state index is 9.92. The molecule has 0 bridgehead atoms. The van der Waals surface area contributed by atoms with E-state index in [4.69, 9.17) is 4.74 Å². The molecule has 2 N–H and O–H groups in total. The van der Waals surface area contributed by atoms with Gasteiger partial charge in [0.25, 0.3) is 0 Å². The van der Waals surface area contributed by atoms with Gasteiger partial charge < -0.3 is 14.9 Å². The van der Waals surface area contributed by atoms with E-state index in [2.05, 4.69) is 6.58 Å². The first kappa shape index (κ1) is 12.0. The molecule has 3 nitrogen and oxygen atoms in total. The van der Waals surface area contributed by atoms with Gasteiger partial charge in [-0.15, -0.1) is 0 Å². The molecular formula is C15H14O3. The molecule has 18 heavy (non-hydrogen) atoms. The van der Waals surface area contributed by atoms with Crippen molar-refractivity contribution in [1.82, 2.24) is 0 Å². The van der Waals surface area contributed by atoms with Crippen molar-refractivity contribution in [3.63, 3.8) is 0 Å². The Balaban J connectivity index is 2.44. The summed E-state index contributed by atoms with van der Waals surface area (Å²) in [4.78, 5) is 0. The minimum absolute atomic E-state index is 0.0719. The lowest BCUT2D eigenvalue weighted by molar-refractivity contribution is 0.407. The number of hydrogen-bond donors (Lipinski definition) is 2. The highest BCUT2D eigenvalue weighted by Gasteiger charge is 2.11. The van der Waals surface area contributed by atoms with Crippen LogP contribution in [-0.2, 0) is 0 Å². The number of phenolic OH excluding ortho intramolecular Hbond substituents is 2. The average molecular weight is 242 g/mol. The standard InChI is InChI=1S/C15H14O3/c1-10(12-5-3-4-6-14(12)16)13-8-7-11(18-2)9-15(13)17/h3-9,16-17H,1H2,2H3. The molecule has 0 aliphatic carbocycles. The zero-order valence-corrected chi connectivity index (χ0v) is 10.1. The number of aromatic hydroxyl groups is 2. The third kappa shape index (κ3) is 2.15. The summed E-state index contributed by atoms with van der Waals surface area (Å²) in [6.45, 7) is 3.91. The highest BCUT2D eigenvalue weighted by molar-refractivity contribution is 5.83. The second kappa shape index (κ2) is 4.84. The van der Waals surface area contributed by atoms with Gasteiger partial charge in [-0.3, -0.25) is 0 Å². The fraction of sp³-hybridized carbons (Fsp3) is 0.0667. The Kier molecular flexibility index (Phi) is 3.24. The fourth-order valence-corrected chi connectivity index (χ4v) is 1.77. The van der Waals surface area contributed by atoms with Crippen LogP contribution < -0.4 is 4.74 Å². The van der Waals surface area contributed by atoms with E-state index < -0.39 is 0 Å². The van der Waals surface area contributed by atoms with Crippen molar-refractivity contribution >= 4 is 5.57 Å². The van der Waals surface area contributed by atoms with Crippen LogP contribution in [0, 0.1) is 0 Å². The average Bonchev–Trinajstić information content (AvgIpc) is 2.38. The molecule has 0 aliphatic rings. The molecule has 2 aromatic rings. The quantitative estimate of drug-likeness (QED) is 0.869. The Hall–Kier alpha value is -2.42. The highest BCUT2D eigenvalue weighted by Crippen LogP contribution is 2.35. The van der Waals surface area contributed by atoms with E-state index in [1.807, 2.05) is 0 Å². The molecule has 92 valence electrons. The SMILES string of the molecule is C=C(c1ccccc1O)c1ccc(OC)cc1O. The summed E-state index contributed by atoms with van der Waals surface area (Å²) in [6, 6.07) is 11.8. The molecule has 0 heterocycles. The van der Waals surface area contributed by atoms with Crippen LogP contribution in [0.25, 0.3) is 5.57 Å². The summed E-state index contributed by atoms with van der Waals surface area (Å²) in [5, 5.41) is 19.7. The first-order valence-electron chi connectivity index (χ1n) is 5.48. The van der Waals surface area contributed by atoms with E-state index in [0.29, 0.717) is 22.4 Å². The summed E-state index contributed by atoms with van der Waals surface area (Å²) >= 11 is 0. The number of phenols is 2. The van der Waals surface area contributed by atoms with Crippen LogP contribution in [0.1, 0.15) is 11.1 Å². The van der Waals surface area contributed by atoms with Gasteiger partial charge in [-0.1, -0.05) is 24.8 Å². The van der Waals surface area contributed by atoms with Gasteiger partial charge >= 0.3 is 0 Å². The number of hydrogen-bond acceptors (Lipinski definition) is 3. The van der Waals surface area contributed by atoms with E-state index in [1.54, 1.807) is 36.4 Å². The van der Waals surface area contributed by atoms with Crippen LogP contribution in [0.5, 0.6) is 17.2 Å². The number of rotatable bonds is 3. The van der Waals surface area contributed by atoms with Crippen molar-refractivity contribution in [1.29, 1.82) is 0 Å². The van der Waals surface area contributed by atoms with Gasteiger partial charge in [0.2, 0.25) is 0 Å². The van der Waals surface area contributed by atoms with Gasteiger partial charge in [-0.25, -0.2) is 0 Å². The molecule has 0 spiro atoms. The maximum Gasteiger partial charge on any atom is 0.127 e. The van der Waals surface area contributed by atoms with E-state index >= 15 is 0 Å². The Labute approximate surface area is 106 Å². The highest BCUT2D eigenvalue weighted by atomic mass is 16.5. The van der Waals surface area contributed by atoms with Crippen LogP contribution in [0.3, 0.4) is 0 Å². The summed E-state index contributed by atoms with van der Waals surface area (Å²) in [6.07, 6.45) is 0. The van der Waals surface area contributed by atoms with Crippen molar-refractivity contribution in [2.45, 2.75) is 0 Å². The molecule has 0 atom stereocenters. The first-order chi connectivity index (χ1) is 8.63. The van der Waals surface area contributed by atoms with E-state index in [0.717, 1.165) is 0 Å². The lowest BCUT2D eigenvalue weighted by atomic mass is 9.98. The van der Waals surface area contributed by atoms with Crippen molar-refractivity contribution < 1.29 is 14.9 Å². The Bertz CT molecular complexity index is 588. The molecule has 0 fully saturated rings. The fourth-order valence-electron chi connectivity index (χ4n) is 1.77. The minimum Gasteiger partial charge on any atom is -0.507 e. The maximum absolute atomic E-state index is 9.92. The zero-order chi connectivity index (χ0) is 13.1. The predicted molar refractivity (Wildman–Crippen MR) is 70.9 cm³/mol. The van der Waals surface area contributed by atoms with Crippen LogP contribution >= 0.6 is 0 Å². The van der Waals surface area contributed by atoms with Crippen LogP contribution in [0.4, 0.5) is 0 Å². The van der Waals surface area contributed by atoms with Crippen molar-refractivity contribution in [3.05, 3.63) is 60.2 Å². The molecule has 2 aromatic carbocycles. The normalized spacial score (nSPS) is 10.1.